The Morgan fingerprint density at radius 1 is 1.12 bits per heavy atom. The second-order valence-corrected chi connectivity index (χ2v) is 11.5. The minimum absolute atomic E-state index is 0.0432. The summed E-state index contributed by atoms with van der Waals surface area (Å²) in [7, 11) is 0. The number of rotatable bonds is 7. The molecule has 4 aliphatic rings. The van der Waals surface area contributed by atoms with E-state index in [1.807, 2.05) is 30.3 Å². The van der Waals surface area contributed by atoms with Crippen molar-refractivity contribution in [2.24, 2.45) is 35.0 Å². The summed E-state index contributed by atoms with van der Waals surface area (Å²) in [5, 5.41) is 0. The topological polar surface area (TPSA) is 74.4 Å². The maximum Gasteiger partial charge on any atom is 0.338 e. The van der Waals surface area contributed by atoms with E-state index in [1.165, 1.54) is 6.92 Å². The lowest BCUT2D eigenvalue weighted by Gasteiger charge is -2.41. The summed E-state index contributed by atoms with van der Waals surface area (Å²) in [5.41, 5.74) is 0.0269. The molecule has 0 radical (unpaired) electrons. The molecule has 1 spiro atoms. The SMILES string of the molecule is CC(=O)OC[C@H](C)CC[C@H]1O[C@@H]2[C@H]([C@@H]1C)[C@@]1(C)[C@H](OC(=O)c3ccccc3)C(C)C(C)[C@]13O[C@H]23. The van der Waals surface area contributed by atoms with E-state index < -0.39 is 0 Å². The lowest BCUT2D eigenvalue weighted by Crippen LogP contribution is -2.48. The first-order chi connectivity index (χ1) is 16.1. The van der Waals surface area contributed by atoms with Gasteiger partial charge in [-0.1, -0.05) is 52.8 Å². The van der Waals surface area contributed by atoms with Crippen molar-refractivity contribution in [2.45, 2.75) is 84.4 Å². The number of benzene rings is 1. The molecule has 1 aromatic rings. The highest BCUT2D eigenvalue weighted by Crippen LogP contribution is 2.77. The smallest absolute Gasteiger partial charge is 0.338 e. The van der Waals surface area contributed by atoms with Crippen molar-refractivity contribution in [3.05, 3.63) is 35.9 Å². The molecule has 2 unspecified atom stereocenters. The fraction of sp³-hybridized carbons (Fsp3) is 0.714. The summed E-state index contributed by atoms with van der Waals surface area (Å²) in [6, 6.07) is 9.26. The van der Waals surface area contributed by atoms with Crippen LogP contribution in [-0.2, 0) is 23.7 Å². The van der Waals surface area contributed by atoms with Gasteiger partial charge in [0, 0.05) is 18.3 Å². The molecule has 6 nitrogen and oxygen atoms in total. The lowest BCUT2D eigenvalue weighted by molar-refractivity contribution is -0.142. The maximum atomic E-state index is 13.1. The molecule has 11 atom stereocenters. The maximum absolute atomic E-state index is 13.1. The number of epoxide rings is 1. The molecule has 1 aromatic carbocycles. The first kappa shape index (κ1) is 23.8. The second-order valence-electron chi connectivity index (χ2n) is 11.5. The standard InChI is InChI=1S/C28H38O6/c1-15(14-31-19(5)29)12-13-21-17(3)22-23(32-21)25-28(34-25)18(4)16(2)24(27(22,28)6)33-26(30)20-10-8-7-9-11-20/h7-11,15-18,21-25H,12-14H2,1-6H3/t15-,16?,17-,18?,21-,22+,23-,24-,25-,27+,28-/m1/s1. The largest absolute Gasteiger partial charge is 0.466 e. The van der Waals surface area contributed by atoms with Gasteiger partial charge >= 0.3 is 11.9 Å². The van der Waals surface area contributed by atoms with Crippen molar-refractivity contribution < 1.29 is 28.5 Å². The zero-order valence-electron chi connectivity index (χ0n) is 21.2. The Bertz CT molecular complexity index is 947. The number of carbonyl (C=O) groups is 2. The Morgan fingerprint density at radius 2 is 1.82 bits per heavy atom. The molecule has 2 heterocycles. The number of ether oxygens (including phenoxy) is 4. The summed E-state index contributed by atoms with van der Waals surface area (Å²) in [5.74, 6) is 0.908. The molecule has 0 amide bonds. The zero-order chi connectivity index (χ0) is 24.4. The monoisotopic (exact) mass is 470 g/mol. The highest BCUT2D eigenvalue weighted by atomic mass is 16.7. The van der Waals surface area contributed by atoms with Gasteiger partial charge in [0.25, 0.3) is 0 Å². The van der Waals surface area contributed by atoms with Crippen LogP contribution in [-0.4, -0.2) is 48.6 Å². The fourth-order valence-electron chi connectivity index (χ4n) is 7.85. The van der Waals surface area contributed by atoms with Crippen LogP contribution in [0.3, 0.4) is 0 Å². The van der Waals surface area contributed by atoms with Gasteiger partial charge in [-0.3, -0.25) is 4.79 Å². The van der Waals surface area contributed by atoms with Crippen molar-refractivity contribution in [3.63, 3.8) is 0 Å². The van der Waals surface area contributed by atoms with Crippen LogP contribution in [0.5, 0.6) is 0 Å². The zero-order valence-corrected chi connectivity index (χ0v) is 21.2. The van der Waals surface area contributed by atoms with E-state index in [1.54, 1.807) is 0 Å². The summed E-state index contributed by atoms with van der Waals surface area (Å²) >= 11 is 0. The van der Waals surface area contributed by atoms with Crippen LogP contribution in [0.4, 0.5) is 0 Å². The predicted octanol–water partition coefficient (Wildman–Crippen LogP) is 4.65. The number of hydrogen-bond acceptors (Lipinski definition) is 6. The Balaban J connectivity index is 1.34. The van der Waals surface area contributed by atoms with Gasteiger partial charge < -0.3 is 18.9 Å². The van der Waals surface area contributed by atoms with E-state index in [4.69, 9.17) is 18.9 Å². The molecule has 6 heteroatoms. The first-order valence-corrected chi connectivity index (χ1v) is 12.9. The number of fused-ring (bicyclic) bond motifs is 3. The van der Waals surface area contributed by atoms with Crippen LogP contribution in [0.25, 0.3) is 0 Å². The third kappa shape index (κ3) is 3.28. The molecule has 2 aliphatic carbocycles. The van der Waals surface area contributed by atoms with Gasteiger partial charge in [-0.2, -0.15) is 0 Å². The van der Waals surface area contributed by atoms with Crippen molar-refractivity contribution in [1.29, 1.82) is 0 Å². The number of hydrogen-bond donors (Lipinski definition) is 0. The van der Waals surface area contributed by atoms with Crippen LogP contribution < -0.4 is 0 Å². The van der Waals surface area contributed by atoms with E-state index in [0.29, 0.717) is 24.0 Å². The van der Waals surface area contributed by atoms with Crippen LogP contribution in [0.2, 0.25) is 0 Å². The summed E-state index contributed by atoms with van der Waals surface area (Å²) in [4.78, 5) is 24.2. The Kier molecular flexibility index (Phi) is 5.84. The minimum Gasteiger partial charge on any atom is -0.466 e. The van der Waals surface area contributed by atoms with Gasteiger partial charge in [-0.15, -0.1) is 0 Å². The molecule has 2 aliphatic heterocycles. The van der Waals surface area contributed by atoms with E-state index in [9.17, 15) is 9.59 Å². The molecule has 2 saturated carbocycles. The highest BCUT2D eigenvalue weighted by molar-refractivity contribution is 5.89. The summed E-state index contributed by atoms with van der Waals surface area (Å²) < 4.78 is 24.7. The highest BCUT2D eigenvalue weighted by Gasteiger charge is 2.89. The van der Waals surface area contributed by atoms with Gasteiger partial charge in [0.05, 0.1) is 24.4 Å². The van der Waals surface area contributed by atoms with Crippen LogP contribution in [0.1, 0.15) is 64.7 Å². The van der Waals surface area contributed by atoms with Crippen LogP contribution >= 0.6 is 0 Å². The van der Waals surface area contributed by atoms with Gasteiger partial charge in [-0.25, -0.2) is 4.79 Å². The summed E-state index contributed by atoms with van der Waals surface area (Å²) in [6.45, 7) is 13.0. The Labute approximate surface area is 202 Å². The van der Waals surface area contributed by atoms with Crippen LogP contribution in [0, 0.1) is 35.0 Å². The third-order valence-corrected chi connectivity index (χ3v) is 9.65. The Morgan fingerprint density at radius 3 is 2.50 bits per heavy atom. The van der Waals surface area contributed by atoms with Crippen molar-refractivity contribution in [3.8, 4) is 0 Å². The fourth-order valence-corrected chi connectivity index (χ4v) is 7.85. The number of esters is 2. The van der Waals surface area contributed by atoms with Crippen molar-refractivity contribution >= 4 is 11.9 Å². The van der Waals surface area contributed by atoms with Crippen LogP contribution in [0.15, 0.2) is 30.3 Å². The van der Waals surface area contributed by atoms with E-state index in [-0.39, 0.29) is 65.1 Å². The van der Waals surface area contributed by atoms with Gasteiger partial charge in [0.15, 0.2) is 0 Å². The molecule has 2 saturated heterocycles. The van der Waals surface area contributed by atoms with Gasteiger partial charge in [-0.05, 0) is 48.6 Å². The molecule has 0 N–H and O–H groups in total. The predicted molar refractivity (Wildman–Crippen MR) is 126 cm³/mol. The third-order valence-electron chi connectivity index (χ3n) is 9.65. The molecular weight excluding hydrogens is 432 g/mol. The minimum atomic E-state index is -0.289. The normalized spacial score (nSPS) is 44.6. The van der Waals surface area contributed by atoms with E-state index in [2.05, 4.69) is 34.6 Å². The molecule has 4 fully saturated rings. The average Bonchev–Trinajstić information content (AvgIpc) is 3.40. The molecule has 0 bridgehead atoms. The molecule has 5 rings (SSSR count). The molecular formula is C28H38O6. The van der Waals surface area contributed by atoms with Crippen molar-refractivity contribution in [1.82, 2.24) is 0 Å². The first-order valence-electron chi connectivity index (χ1n) is 12.9. The van der Waals surface area contributed by atoms with E-state index >= 15 is 0 Å². The number of carbonyl (C=O) groups excluding carboxylic acids is 2. The lowest BCUT2D eigenvalue weighted by atomic mass is 9.66. The average molecular weight is 471 g/mol. The van der Waals surface area contributed by atoms with E-state index in [0.717, 1.165) is 12.8 Å². The summed E-state index contributed by atoms with van der Waals surface area (Å²) in [6.07, 6.45) is 1.89. The molecule has 34 heavy (non-hydrogen) atoms. The van der Waals surface area contributed by atoms with Crippen molar-refractivity contribution in [2.75, 3.05) is 6.61 Å². The Hall–Kier alpha value is -1.92. The quantitative estimate of drug-likeness (QED) is 0.426. The second kappa shape index (κ2) is 8.34. The molecule has 0 aromatic heterocycles. The van der Waals surface area contributed by atoms with Gasteiger partial charge in [0.2, 0.25) is 0 Å². The van der Waals surface area contributed by atoms with Gasteiger partial charge in [0.1, 0.15) is 17.8 Å². The molecule has 186 valence electrons.